The van der Waals surface area contributed by atoms with Crippen LogP contribution >= 0.6 is 0 Å². The van der Waals surface area contributed by atoms with E-state index in [0.29, 0.717) is 11.8 Å². The van der Waals surface area contributed by atoms with E-state index in [9.17, 15) is 21.6 Å². The van der Waals surface area contributed by atoms with Gasteiger partial charge < -0.3 is 5.73 Å². The minimum Gasteiger partial charge on any atom is -0.369 e. The summed E-state index contributed by atoms with van der Waals surface area (Å²) in [5.41, 5.74) is 5.98. The molecule has 0 aliphatic carbocycles. The molecule has 0 atom stereocenters. The average molecular weight is 370 g/mol. The molecule has 0 spiro atoms. The second-order valence-corrected chi connectivity index (χ2v) is 7.05. The van der Waals surface area contributed by atoms with Gasteiger partial charge in [0.2, 0.25) is 16.0 Å². The van der Waals surface area contributed by atoms with Crippen LogP contribution in [0.3, 0.4) is 0 Å². The zero-order valence-corrected chi connectivity index (χ0v) is 13.7. The maximum absolute atomic E-state index is 13.2. The fourth-order valence-corrected chi connectivity index (χ4v) is 3.30. The minimum atomic E-state index is -4.90. The van der Waals surface area contributed by atoms with E-state index in [1.165, 1.54) is 4.57 Å². The van der Waals surface area contributed by atoms with Gasteiger partial charge in [0, 0.05) is 5.69 Å². The fourth-order valence-electron chi connectivity index (χ4n) is 2.55. The second kappa shape index (κ2) is 5.46. The maximum atomic E-state index is 13.2. The Labute approximate surface area is 140 Å². The number of hydrogen-bond donors (Lipinski definition) is 2. The van der Waals surface area contributed by atoms with E-state index < -0.39 is 26.7 Å². The van der Waals surface area contributed by atoms with Crippen molar-refractivity contribution in [2.75, 3.05) is 5.73 Å². The van der Waals surface area contributed by atoms with Crippen molar-refractivity contribution in [1.82, 2.24) is 9.55 Å². The number of aryl methyl sites for hydroxylation is 1. The summed E-state index contributed by atoms with van der Waals surface area (Å²) in [4.78, 5) is 2.89. The topological polar surface area (TPSA) is 104 Å². The number of hydrogen-bond acceptors (Lipinski definition) is 4. The minimum absolute atomic E-state index is 0.0708. The average Bonchev–Trinajstić information content (AvgIpc) is 2.80. The van der Waals surface area contributed by atoms with Crippen molar-refractivity contribution in [2.45, 2.75) is 18.0 Å². The number of fused-ring (bicyclic) bond motifs is 1. The van der Waals surface area contributed by atoms with Crippen LogP contribution in [0.15, 0.2) is 41.3 Å². The maximum Gasteiger partial charge on any atom is 0.417 e. The van der Waals surface area contributed by atoms with Crippen LogP contribution in [-0.4, -0.2) is 18.0 Å². The number of benzene rings is 2. The third-order valence-electron chi connectivity index (χ3n) is 3.69. The molecule has 0 saturated heterocycles. The first kappa shape index (κ1) is 17.2. The van der Waals surface area contributed by atoms with Gasteiger partial charge in [0.05, 0.1) is 21.5 Å². The fraction of sp³-hybridized carbons (Fsp3) is 0.133. The second-order valence-electron chi connectivity index (χ2n) is 5.52. The number of rotatable bonds is 2. The molecular formula is C15H13F3N4O2S. The van der Waals surface area contributed by atoms with E-state index >= 15 is 0 Å². The lowest BCUT2D eigenvalue weighted by molar-refractivity contribution is -0.139. The van der Waals surface area contributed by atoms with Crippen molar-refractivity contribution in [2.24, 2.45) is 5.14 Å². The molecule has 0 unspecified atom stereocenters. The first-order chi connectivity index (χ1) is 11.5. The van der Waals surface area contributed by atoms with Crippen LogP contribution in [0.5, 0.6) is 0 Å². The predicted octanol–water partition coefficient (Wildman–Crippen LogP) is 2.58. The lowest BCUT2D eigenvalue weighted by Crippen LogP contribution is -2.19. The van der Waals surface area contributed by atoms with Crippen molar-refractivity contribution in [3.05, 3.63) is 47.5 Å². The lowest BCUT2D eigenvalue weighted by atomic mass is 10.2. The number of imidazole rings is 1. The first-order valence-electron chi connectivity index (χ1n) is 6.97. The molecule has 0 bridgehead atoms. The number of nitrogens with zero attached hydrogens (tertiary/aromatic N) is 2. The van der Waals surface area contributed by atoms with Gasteiger partial charge in [-0.15, -0.1) is 0 Å². The summed E-state index contributed by atoms with van der Waals surface area (Å²) in [6.07, 6.45) is -4.90. The van der Waals surface area contributed by atoms with Crippen molar-refractivity contribution in [3.8, 4) is 5.69 Å². The van der Waals surface area contributed by atoms with Crippen LogP contribution < -0.4 is 10.9 Å². The Morgan fingerprint density at radius 3 is 2.24 bits per heavy atom. The molecule has 10 heteroatoms. The van der Waals surface area contributed by atoms with E-state index in [1.54, 1.807) is 24.3 Å². The Kier molecular flexibility index (Phi) is 3.77. The van der Waals surface area contributed by atoms with Gasteiger partial charge in [-0.3, -0.25) is 4.57 Å². The molecule has 3 rings (SSSR count). The number of nitrogen functional groups attached to an aromatic ring is 1. The van der Waals surface area contributed by atoms with Gasteiger partial charge in [0.1, 0.15) is 0 Å². The molecule has 0 aliphatic rings. The molecule has 0 aliphatic heterocycles. The van der Waals surface area contributed by atoms with Crippen LogP contribution in [0.4, 0.5) is 19.1 Å². The summed E-state index contributed by atoms with van der Waals surface area (Å²) in [5, 5.41) is 4.97. The molecule has 132 valence electrons. The van der Waals surface area contributed by atoms with Crippen LogP contribution in [0, 0.1) is 6.92 Å². The summed E-state index contributed by atoms with van der Waals surface area (Å²) in [7, 11) is -4.61. The van der Waals surface area contributed by atoms with Gasteiger partial charge in [-0.2, -0.15) is 13.2 Å². The molecular weight excluding hydrogens is 357 g/mol. The molecule has 3 aromatic rings. The summed E-state index contributed by atoms with van der Waals surface area (Å²) < 4.78 is 64.3. The normalized spacial score (nSPS) is 12.7. The molecule has 1 aromatic heterocycles. The number of anilines is 1. The molecule has 25 heavy (non-hydrogen) atoms. The number of sulfonamides is 1. The van der Waals surface area contributed by atoms with E-state index in [1.807, 2.05) is 6.92 Å². The van der Waals surface area contributed by atoms with E-state index in [-0.39, 0.29) is 17.0 Å². The van der Waals surface area contributed by atoms with Gasteiger partial charge in [-0.25, -0.2) is 18.5 Å². The largest absolute Gasteiger partial charge is 0.417 e. The van der Waals surface area contributed by atoms with Crippen LogP contribution in [0.2, 0.25) is 0 Å². The molecule has 2 aromatic carbocycles. The molecule has 0 saturated carbocycles. The van der Waals surface area contributed by atoms with Gasteiger partial charge in [-0.1, -0.05) is 17.7 Å². The Hall–Kier alpha value is -2.59. The van der Waals surface area contributed by atoms with Crippen molar-refractivity contribution < 1.29 is 21.6 Å². The van der Waals surface area contributed by atoms with Gasteiger partial charge >= 0.3 is 6.18 Å². The highest BCUT2D eigenvalue weighted by Gasteiger charge is 2.37. The number of primary sulfonamides is 1. The van der Waals surface area contributed by atoms with E-state index in [0.717, 1.165) is 11.6 Å². The Balaban J connectivity index is 2.39. The summed E-state index contributed by atoms with van der Waals surface area (Å²) in [5.74, 6) is -0.0708. The smallest absolute Gasteiger partial charge is 0.369 e. The predicted molar refractivity (Wildman–Crippen MR) is 86.6 cm³/mol. The van der Waals surface area contributed by atoms with Crippen molar-refractivity contribution in [3.63, 3.8) is 0 Å². The highest BCUT2D eigenvalue weighted by Crippen LogP contribution is 2.37. The lowest BCUT2D eigenvalue weighted by Gasteiger charge is -2.12. The van der Waals surface area contributed by atoms with Gasteiger partial charge in [0.25, 0.3) is 0 Å². The Morgan fingerprint density at radius 2 is 1.72 bits per heavy atom. The monoisotopic (exact) mass is 370 g/mol. The summed E-state index contributed by atoms with van der Waals surface area (Å²) in [6, 6.07) is 8.44. The van der Waals surface area contributed by atoms with Gasteiger partial charge in [-0.05, 0) is 31.2 Å². The molecule has 6 nitrogen and oxygen atoms in total. The van der Waals surface area contributed by atoms with E-state index in [2.05, 4.69) is 4.98 Å². The third-order valence-corrected chi connectivity index (χ3v) is 4.64. The first-order valence-corrected chi connectivity index (χ1v) is 8.52. The molecule has 1 heterocycles. The molecule has 0 radical (unpaired) electrons. The number of nitrogens with two attached hydrogens (primary N) is 2. The zero-order valence-electron chi connectivity index (χ0n) is 12.9. The van der Waals surface area contributed by atoms with E-state index in [4.69, 9.17) is 10.9 Å². The zero-order chi connectivity index (χ0) is 18.6. The third kappa shape index (κ3) is 3.05. The highest BCUT2D eigenvalue weighted by molar-refractivity contribution is 7.89. The molecule has 0 fully saturated rings. The Morgan fingerprint density at radius 1 is 1.12 bits per heavy atom. The van der Waals surface area contributed by atoms with Crippen LogP contribution in [-0.2, 0) is 16.2 Å². The summed E-state index contributed by atoms with van der Waals surface area (Å²) in [6.45, 7) is 1.87. The SMILES string of the molecule is Cc1ccc(-n2c(N)nc3cc(C(F)(F)F)c(S(N)(=O)=O)cc32)cc1. The van der Waals surface area contributed by atoms with Crippen LogP contribution in [0.25, 0.3) is 16.7 Å². The highest BCUT2D eigenvalue weighted by atomic mass is 32.2. The molecule has 0 amide bonds. The number of halogens is 3. The quantitative estimate of drug-likeness (QED) is 0.723. The molecule has 4 N–H and O–H groups in total. The standard InChI is InChI=1S/C15H13F3N4O2S/c1-8-2-4-9(5-3-8)22-12-7-13(25(20,23)24)10(15(16,17)18)6-11(12)21-14(22)19/h2-7H,1H3,(H2,19,21)(H2,20,23,24). The van der Waals surface area contributed by atoms with Crippen molar-refractivity contribution in [1.29, 1.82) is 0 Å². The summed E-state index contributed by atoms with van der Waals surface area (Å²) >= 11 is 0. The van der Waals surface area contributed by atoms with Gasteiger partial charge in [0.15, 0.2) is 0 Å². The van der Waals surface area contributed by atoms with Crippen molar-refractivity contribution >= 4 is 27.0 Å². The number of aromatic nitrogens is 2. The Bertz CT molecular complexity index is 1070. The number of alkyl halides is 3. The van der Waals surface area contributed by atoms with Crippen LogP contribution in [0.1, 0.15) is 11.1 Å².